The molecule has 2 aromatic heterocycles. The fourth-order valence-corrected chi connectivity index (χ4v) is 2.18. The van der Waals surface area contributed by atoms with Crippen LogP contribution >= 0.6 is 0 Å². The fraction of sp³-hybridized carbons (Fsp3) is 0.286. The second-order valence-corrected chi connectivity index (χ2v) is 4.50. The lowest BCUT2D eigenvalue weighted by molar-refractivity contribution is -0.118. The fourth-order valence-electron chi connectivity index (χ4n) is 2.18. The quantitative estimate of drug-likeness (QED) is 0.892. The average Bonchev–Trinajstić information content (AvgIpc) is 2.79. The summed E-state index contributed by atoms with van der Waals surface area (Å²) in [5.41, 5.74) is 8.48. The van der Waals surface area contributed by atoms with Crippen LogP contribution in [-0.4, -0.2) is 15.5 Å². The zero-order valence-electron chi connectivity index (χ0n) is 10.6. The van der Waals surface area contributed by atoms with E-state index in [0.29, 0.717) is 0 Å². The average molecular weight is 243 g/mol. The Morgan fingerprint density at radius 3 is 2.61 bits per heavy atom. The normalized spacial score (nSPS) is 12.3. The number of hydrogen-bond donors (Lipinski definition) is 1. The number of nitrogens with zero attached hydrogens (tertiary/aromatic N) is 2. The number of pyridine rings is 1. The first-order valence-corrected chi connectivity index (χ1v) is 5.92. The molecule has 4 nitrogen and oxygen atoms in total. The highest BCUT2D eigenvalue weighted by Crippen LogP contribution is 2.24. The highest BCUT2D eigenvalue weighted by molar-refractivity contribution is 5.74. The summed E-state index contributed by atoms with van der Waals surface area (Å²) >= 11 is 0. The Hall–Kier alpha value is -2.10. The summed E-state index contributed by atoms with van der Waals surface area (Å²) in [6.45, 7) is 3.98. The van der Waals surface area contributed by atoms with Gasteiger partial charge in [-0.25, -0.2) is 0 Å². The van der Waals surface area contributed by atoms with E-state index >= 15 is 0 Å². The van der Waals surface area contributed by atoms with Gasteiger partial charge in [0.15, 0.2) is 0 Å². The van der Waals surface area contributed by atoms with E-state index in [-0.39, 0.29) is 18.4 Å². The first kappa shape index (κ1) is 12.4. The third kappa shape index (κ3) is 2.59. The van der Waals surface area contributed by atoms with Gasteiger partial charge in [0.25, 0.3) is 0 Å². The number of rotatable bonds is 4. The molecule has 2 aromatic rings. The molecule has 94 valence electrons. The van der Waals surface area contributed by atoms with Gasteiger partial charge in [-0.15, -0.1) is 0 Å². The lowest BCUT2D eigenvalue weighted by atomic mass is 10.00. The standard InChI is InChI=1S/C14H17N3O/c1-10-7-11(2)16-9-12(10)13(8-14(15)18)17-5-3-4-6-17/h3-7,9,13H,8H2,1-2H3,(H2,15,18)/t13-/m1/s1. The molecular formula is C14H17N3O. The van der Waals surface area contributed by atoms with Crippen LogP contribution in [0.5, 0.6) is 0 Å². The van der Waals surface area contributed by atoms with Gasteiger partial charge >= 0.3 is 0 Å². The molecule has 0 fully saturated rings. The lowest BCUT2D eigenvalue weighted by Crippen LogP contribution is -2.20. The van der Waals surface area contributed by atoms with Gasteiger partial charge in [-0.1, -0.05) is 0 Å². The number of hydrogen-bond acceptors (Lipinski definition) is 2. The van der Waals surface area contributed by atoms with Crippen LogP contribution in [0.15, 0.2) is 36.8 Å². The van der Waals surface area contributed by atoms with Crippen molar-refractivity contribution >= 4 is 5.91 Å². The Morgan fingerprint density at radius 1 is 1.39 bits per heavy atom. The highest BCUT2D eigenvalue weighted by Gasteiger charge is 2.18. The second-order valence-electron chi connectivity index (χ2n) is 4.50. The van der Waals surface area contributed by atoms with Crippen molar-refractivity contribution in [1.29, 1.82) is 0 Å². The number of aromatic nitrogens is 2. The van der Waals surface area contributed by atoms with Crippen LogP contribution in [0.25, 0.3) is 0 Å². The monoisotopic (exact) mass is 243 g/mol. The van der Waals surface area contributed by atoms with Crippen LogP contribution in [-0.2, 0) is 4.79 Å². The van der Waals surface area contributed by atoms with E-state index in [0.717, 1.165) is 16.8 Å². The van der Waals surface area contributed by atoms with Gasteiger partial charge in [-0.05, 0) is 43.2 Å². The molecule has 0 aliphatic carbocycles. The Kier molecular flexibility index (Phi) is 3.46. The molecule has 0 unspecified atom stereocenters. The molecule has 0 bridgehead atoms. The minimum Gasteiger partial charge on any atom is -0.370 e. The van der Waals surface area contributed by atoms with Crippen LogP contribution in [0.3, 0.4) is 0 Å². The lowest BCUT2D eigenvalue weighted by Gasteiger charge is -2.20. The number of nitrogens with two attached hydrogens (primary N) is 1. The van der Waals surface area contributed by atoms with Crippen LogP contribution in [0.4, 0.5) is 0 Å². The number of carbonyl (C=O) groups is 1. The summed E-state index contributed by atoms with van der Waals surface area (Å²) in [6.07, 6.45) is 5.98. The molecule has 18 heavy (non-hydrogen) atoms. The Morgan fingerprint density at radius 2 is 2.06 bits per heavy atom. The van der Waals surface area contributed by atoms with Crippen molar-refractivity contribution in [2.24, 2.45) is 5.73 Å². The first-order valence-electron chi connectivity index (χ1n) is 5.92. The molecule has 4 heteroatoms. The SMILES string of the molecule is Cc1cc(C)c([C@@H](CC(N)=O)n2cccc2)cn1. The van der Waals surface area contributed by atoms with Crippen molar-refractivity contribution in [3.05, 3.63) is 53.6 Å². The molecule has 0 aliphatic rings. The van der Waals surface area contributed by atoms with E-state index < -0.39 is 0 Å². The molecule has 2 N–H and O–H groups in total. The van der Waals surface area contributed by atoms with Crippen molar-refractivity contribution < 1.29 is 4.79 Å². The maximum Gasteiger partial charge on any atom is 0.219 e. The van der Waals surface area contributed by atoms with Gasteiger partial charge in [0, 0.05) is 24.3 Å². The maximum absolute atomic E-state index is 11.2. The van der Waals surface area contributed by atoms with Gasteiger partial charge in [0.2, 0.25) is 5.91 Å². The van der Waals surface area contributed by atoms with E-state index in [4.69, 9.17) is 5.73 Å². The molecule has 2 rings (SSSR count). The molecule has 1 atom stereocenters. The van der Waals surface area contributed by atoms with E-state index in [1.807, 2.05) is 55.2 Å². The molecular weight excluding hydrogens is 226 g/mol. The van der Waals surface area contributed by atoms with Crippen molar-refractivity contribution in [3.63, 3.8) is 0 Å². The molecule has 0 aliphatic heterocycles. The molecule has 0 saturated heterocycles. The molecule has 0 radical (unpaired) electrons. The first-order chi connectivity index (χ1) is 8.58. The van der Waals surface area contributed by atoms with Crippen molar-refractivity contribution in [2.75, 3.05) is 0 Å². The zero-order valence-corrected chi connectivity index (χ0v) is 10.6. The minimum atomic E-state index is -0.311. The van der Waals surface area contributed by atoms with Gasteiger partial charge in [0.1, 0.15) is 0 Å². The topological polar surface area (TPSA) is 60.9 Å². The Bertz CT molecular complexity index is 546. The Labute approximate surface area is 106 Å². The number of amides is 1. The maximum atomic E-state index is 11.2. The molecule has 1 amide bonds. The van der Waals surface area contributed by atoms with E-state index in [1.54, 1.807) is 0 Å². The smallest absolute Gasteiger partial charge is 0.219 e. The number of carbonyl (C=O) groups excluding carboxylic acids is 1. The van der Waals surface area contributed by atoms with Gasteiger partial charge in [-0.3, -0.25) is 9.78 Å². The van der Waals surface area contributed by atoms with Gasteiger partial charge in [-0.2, -0.15) is 0 Å². The second kappa shape index (κ2) is 5.04. The van der Waals surface area contributed by atoms with Crippen LogP contribution in [0.1, 0.15) is 29.3 Å². The summed E-state index contributed by atoms with van der Waals surface area (Å²) in [4.78, 5) is 15.6. The van der Waals surface area contributed by atoms with Crippen LogP contribution in [0.2, 0.25) is 0 Å². The predicted octanol–water partition coefficient (Wildman–Crippen LogP) is 1.96. The third-order valence-corrected chi connectivity index (χ3v) is 3.03. The summed E-state index contributed by atoms with van der Waals surface area (Å²) in [5.74, 6) is -0.311. The third-order valence-electron chi connectivity index (χ3n) is 3.03. The molecule has 0 saturated carbocycles. The van der Waals surface area contributed by atoms with E-state index in [1.165, 1.54) is 0 Å². The Balaban J connectivity index is 2.43. The van der Waals surface area contributed by atoms with Crippen LogP contribution in [0, 0.1) is 13.8 Å². The molecule has 0 aromatic carbocycles. The minimum absolute atomic E-state index is 0.0781. The summed E-state index contributed by atoms with van der Waals surface area (Å²) in [7, 11) is 0. The zero-order chi connectivity index (χ0) is 13.1. The summed E-state index contributed by atoms with van der Waals surface area (Å²) in [6, 6.07) is 5.81. The van der Waals surface area contributed by atoms with Crippen molar-refractivity contribution in [3.8, 4) is 0 Å². The highest BCUT2D eigenvalue weighted by atomic mass is 16.1. The molecule has 0 spiro atoms. The molecule has 2 heterocycles. The number of primary amides is 1. The van der Waals surface area contributed by atoms with E-state index in [2.05, 4.69) is 4.98 Å². The van der Waals surface area contributed by atoms with Crippen LogP contribution < -0.4 is 5.73 Å². The summed E-state index contributed by atoms with van der Waals surface area (Å²) < 4.78 is 1.99. The van der Waals surface area contributed by atoms with E-state index in [9.17, 15) is 4.79 Å². The predicted molar refractivity (Wildman–Crippen MR) is 70.1 cm³/mol. The van der Waals surface area contributed by atoms with Gasteiger partial charge < -0.3 is 10.3 Å². The summed E-state index contributed by atoms with van der Waals surface area (Å²) in [5, 5.41) is 0. The van der Waals surface area contributed by atoms with Gasteiger partial charge in [0.05, 0.1) is 12.5 Å². The van der Waals surface area contributed by atoms with Crippen molar-refractivity contribution in [2.45, 2.75) is 26.3 Å². The number of aryl methyl sites for hydroxylation is 2. The van der Waals surface area contributed by atoms with Crippen molar-refractivity contribution in [1.82, 2.24) is 9.55 Å². The largest absolute Gasteiger partial charge is 0.370 e.